The van der Waals surface area contributed by atoms with Crippen LogP contribution in [0.1, 0.15) is 45.6 Å². The monoisotopic (exact) mass is 265 g/mol. The van der Waals surface area contributed by atoms with Crippen molar-refractivity contribution in [1.29, 1.82) is 0 Å². The fourth-order valence-corrected chi connectivity index (χ4v) is 2.76. The molecule has 0 amide bonds. The molecule has 19 heavy (non-hydrogen) atoms. The predicted molar refractivity (Wildman–Crippen MR) is 80.8 cm³/mol. The summed E-state index contributed by atoms with van der Waals surface area (Å²) in [5.41, 5.74) is 1.12. The van der Waals surface area contributed by atoms with Gasteiger partial charge >= 0.3 is 0 Å². The molecule has 1 aromatic rings. The van der Waals surface area contributed by atoms with E-state index in [-0.39, 0.29) is 5.82 Å². The summed E-state index contributed by atoms with van der Waals surface area (Å²) in [7, 11) is 0. The zero-order chi connectivity index (χ0) is 14.1. The number of rotatable bonds is 9. The molecule has 2 heteroatoms. The zero-order valence-electron chi connectivity index (χ0n) is 12.6. The molecule has 0 aliphatic carbocycles. The van der Waals surface area contributed by atoms with Gasteiger partial charge in [0.15, 0.2) is 0 Å². The number of hydrogen-bond acceptors (Lipinski definition) is 1. The van der Waals surface area contributed by atoms with E-state index < -0.39 is 0 Å². The van der Waals surface area contributed by atoms with Gasteiger partial charge < -0.3 is 5.32 Å². The number of nitrogens with one attached hydrogen (secondary N) is 1. The van der Waals surface area contributed by atoms with Gasteiger partial charge in [-0.25, -0.2) is 4.39 Å². The molecule has 0 bridgehead atoms. The maximum atomic E-state index is 13.2. The summed E-state index contributed by atoms with van der Waals surface area (Å²) in [5.74, 6) is 1.23. The zero-order valence-corrected chi connectivity index (χ0v) is 12.6. The van der Waals surface area contributed by atoms with E-state index in [0.29, 0.717) is 5.92 Å². The molecule has 0 saturated heterocycles. The van der Waals surface area contributed by atoms with E-state index in [4.69, 9.17) is 0 Å². The Kier molecular flexibility index (Phi) is 7.73. The lowest BCUT2D eigenvalue weighted by Gasteiger charge is -2.21. The predicted octanol–water partition coefficient (Wildman–Crippen LogP) is 4.42. The first-order valence-corrected chi connectivity index (χ1v) is 7.60. The highest BCUT2D eigenvalue weighted by Gasteiger charge is 2.13. The lowest BCUT2D eigenvalue weighted by atomic mass is 9.88. The van der Waals surface area contributed by atoms with E-state index in [2.05, 4.69) is 26.1 Å². The summed E-state index contributed by atoms with van der Waals surface area (Å²) in [6, 6.07) is 7.03. The van der Waals surface area contributed by atoms with Gasteiger partial charge in [0.25, 0.3) is 0 Å². The molecule has 108 valence electrons. The highest BCUT2D eigenvalue weighted by molar-refractivity contribution is 5.16. The summed E-state index contributed by atoms with van der Waals surface area (Å²) in [6.45, 7) is 8.73. The molecule has 0 spiro atoms. The molecule has 0 saturated carbocycles. The first kappa shape index (κ1) is 16.2. The standard InChI is InChI=1S/C17H28FN/c1-4-7-14(3)10-16(13-19-5-2)11-15-8-6-9-17(18)12-15/h6,8-9,12,14,16,19H,4-5,7,10-11,13H2,1-3H3. The van der Waals surface area contributed by atoms with Gasteiger partial charge in [-0.1, -0.05) is 45.7 Å². The van der Waals surface area contributed by atoms with Crippen molar-refractivity contribution in [3.63, 3.8) is 0 Å². The maximum absolute atomic E-state index is 13.2. The van der Waals surface area contributed by atoms with Crippen LogP contribution in [0, 0.1) is 17.7 Å². The smallest absolute Gasteiger partial charge is 0.123 e. The SMILES string of the molecule is CCCC(C)CC(CNCC)Cc1cccc(F)c1. The third kappa shape index (κ3) is 6.72. The van der Waals surface area contributed by atoms with Crippen LogP contribution in [0.3, 0.4) is 0 Å². The largest absolute Gasteiger partial charge is 0.317 e. The Hall–Kier alpha value is -0.890. The summed E-state index contributed by atoms with van der Waals surface area (Å²) >= 11 is 0. The van der Waals surface area contributed by atoms with Crippen LogP contribution in [-0.4, -0.2) is 13.1 Å². The number of halogens is 1. The van der Waals surface area contributed by atoms with Crippen molar-refractivity contribution in [2.75, 3.05) is 13.1 Å². The van der Waals surface area contributed by atoms with Gasteiger partial charge in [-0.3, -0.25) is 0 Å². The van der Waals surface area contributed by atoms with E-state index in [1.807, 2.05) is 12.1 Å². The van der Waals surface area contributed by atoms with Crippen LogP contribution < -0.4 is 5.32 Å². The minimum Gasteiger partial charge on any atom is -0.317 e. The molecule has 0 aliphatic rings. The van der Waals surface area contributed by atoms with Crippen molar-refractivity contribution in [2.45, 2.75) is 46.5 Å². The van der Waals surface area contributed by atoms with Crippen LogP contribution in [0.4, 0.5) is 4.39 Å². The molecule has 2 unspecified atom stereocenters. The summed E-state index contributed by atoms with van der Waals surface area (Å²) in [5, 5.41) is 3.44. The van der Waals surface area contributed by atoms with Crippen molar-refractivity contribution in [3.05, 3.63) is 35.6 Å². The van der Waals surface area contributed by atoms with E-state index >= 15 is 0 Å². The lowest BCUT2D eigenvalue weighted by molar-refractivity contribution is 0.356. The minimum atomic E-state index is -0.124. The molecule has 1 rings (SSSR count). The second kappa shape index (κ2) is 9.08. The molecule has 0 fully saturated rings. The molecular weight excluding hydrogens is 237 g/mol. The van der Waals surface area contributed by atoms with Crippen LogP contribution in [-0.2, 0) is 6.42 Å². The van der Waals surface area contributed by atoms with Crippen LogP contribution in [0.15, 0.2) is 24.3 Å². The highest BCUT2D eigenvalue weighted by atomic mass is 19.1. The number of hydrogen-bond donors (Lipinski definition) is 1. The quantitative estimate of drug-likeness (QED) is 0.697. The first-order valence-electron chi connectivity index (χ1n) is 7.60. The summed E-state index contributed by atoms with van der Waals surface area (Å²) in [4.78, 5) is 0. The van der Waals surface area contributed by atoms with E-state index in [1.165, 1.54) is 25.3 Å². The van der Waals surface area contributed by atoms with E-state index in [9.17, 15) is 4.39 Å². The van der Waals surface area contributed by atoms with Crippen molar-refractivity contribution in [3.8, 4) is 0 Å². The van der Waals surface area contributed by atoms with Crippen molar-refractivity contribution < 1.29 is 4.39 Å². The Morgan fingerprint density at radius 2 is 2.05 bits per heavy atom. The average molecular weight is 265 g/mol. The third-order valence-corrected chi connectivity index (χ3v) is 3.61. The Bertz CT molecular complexity index is 351. The van der Waals surface area contributed by atoms with E-state index in [1.54, 1.807) is 6.07 Å². The average Bonchev–Trinajstić information content (AvgIpc) is 2.36. The maximum Gasteiger partial charge on any atom is 0.123 e. The van der Waals surface area contributed by atoms with Crippen LogP contribution in [0.25, 0.3) is 0 Å². The summed E-state index contributed by atoms with van der Waals surface area (Å²) < 4.78 is 13.2. The van der Waals surface area contributed by atoms with Crippen molar-refractivity contribution in [1.82, 2.24) is 5.32 Å². The fourth-order valence-electron chi connectivity index (χ4n) is 2.76. The molecule has 1 aromatic carbocycles. The third-order valence-electron chi connectivity index (χ3n) is 3.61. The van der Waals surface area contributed by atoms with Crippen molar-refractivity contribution in [2.24, 2.45) is 11.8 Å². The van der Waals surface area contributed by atoms with E-state index in [0.717, 1.165) is 31.0 Å². The van der Waals surface area contributed by atoms with Gasteiger partial charge in [0, 0.05) is 0 Å². The second-order valence-corrected chi connectivity index (χ2v) is 5.64. The van der Waals surface area contributed by atoms with Crippen LogP contribution in [0.2, 0.25) is 0 Å². The Labute approximate surface area is 117 Å². The molecule has 0 heterocycles. The Balaban J connectivity index is 2.57. The van der Waals surface area contributed by atoms with Crippen LogP contribution >= 0.6 is 0 Å². The second-order valence-electron chi connectivity index (χ2n) is 5.64. The van der Waals surface area contributed by atoms with Gasteiger partial charge in [0.1, 0.15) is 5.82 Å². The van der Waals surface area contributed by atoms with Gasteiger partial charge in [0.05, 0.1) is 0 Å². The molecule has 1 N–H and O–H groups in total. The van der Waals surface area contributed by atoms with Gasteiger partial charge in [0.2, 0.25) is 0 Å². The van der Waals surface area contributed by atoms with Gasteiger partial charge in [-0.05, 0) is 55.5 Å². The molecule has 0 aromatic heterocycles. The topological polar surface area (TPSA) is 12.0 Å². The van der Waals surface area contributed by atoms with Crippen molar-refractivity contribution >= 4 is 0 Å². The highest BCUT2D eigenvalue weighted by Crippen LogP contribution is 2.20. The lowest BCUT2D eigenvalue weighted by Crippen LogP contribution is -2.25. The normalized spacial score (nSPS) is 14.3. The Morgan fingerprint density at radius 1 is 1.26 bits per heavy atom. The number of benzene rings is 1. The molecule has 0 radical (unpaired) electrons. The minimum absolute atomic E-state index is 0.124. The first-order chi connectivity index (χ1) is 9.15. The fraction of sp³-hybridized carbons (Fsp3) is 0.647. The molecule has 1 nitrogen and oxygen atoms in total. The Morgan fingerprint density at radius 3 is 2.68 bits per heavy atom. The van der Waals surface area contributed by atoms with Gasteiger partial charge in [-0.2, -0.15) is 0 Å². The van der Waals surface area contributed by atoms with Gasteiger partial charge in [-0.15, -0.1) is 0 Å². The van der Waals surface area contributed by atoms with Crippen LogP contribution in [0.5, 0.6) is 0 Å². The molecular formula is C17H28FN. The molecule has 0 aliphatic heterocycles. The summed E-state index contributed by atoms with van der Waals surface area (Å²) in [6.07, 6.45) is 4.72. The molecule has 2 atom stereocenters.